The normalized spacial score (nSPS) is 26.0. The Balaban J connectivity index is 2.10. The van der Waals surface area contributed by atoms with Crippen molar-refractivity contribution < 1.29 is 0 Å². The van der Waals surface area contributed by atoms with Crippen molar-refractivity contribution in [2.24, 2.45) is 0 Å². The van der Waals surface area contributed by atoms with Crippen LogP contribution in [0.5, 0.6) is 0 Å². The molecule has 0 radical (unpaired) electrons. The molecule has 1 heterocycles. The third-order valence-corrected chi connectivity index (χ3v) is 3.83. The molecule has 1 fully saturated rings. The molecule has 0 aliphatic carbocycles. The van der Waals surface area contributed by atoms with Crippen LogP contribution in [-0.2, 0) is 0 Å². The second kappa shape index (κ2) is 4.82. The second-order valence-electron chi connectivity index (χ2n) is 4.46. The summed E-state index contributed by atoms with van der Waals surface area (Å²) < 4.78 is 0. The van der Waals surface area contributed by atoms with Crippen molar-refractivity contribution in [2.45, 2.75) is 25.4 Å². The molecule has 1 saturated heterocycles. The Morgan fingerprint density at radius 1 is 1.31 bits per heavy atom. The summed E-state index contributed by atoms with van der Waals surface area (Å²) in [5.74, 6) is 0. The van der Waals surface area contributed by atoms with Gasteiger partial charge in [-0.1, -0.05) is 29.3 Å². The van der Waals surface area contributed by atoms with Crippen molar-refractivity contribution in [1.29, 1.82) is 0 Å². The quantitative estimate of drug-likeness (QED) is 0.874. The van der Waals surface area contributed by atoms with E-state index in [1.807, 2.05) is 18.2 Å². The molecule has 16 heavy (non-hydrogen) atoms. The van der Waals surface area contributed by atoms with Gasteiger partial charge in [0.25, 0.3) is 0 Å². The molecular weight excluding hydrogens is 243 g/mol. The highest BCUT2D eigenvalue weighted by Gasteiger charge is 2.26. The number of hydrogen-bond donors (Lipinski definition) is 1. The summed E-state index contributed by atoms with van der Waals surface area (Å²) in [5.41, 5.74) is 0.860. The maximum atomic E-state index is 6.12. The minimum absolute atomic E-state index is 0.428. The summed E-state index contributed by atoms with van der Waals surface area (Å²) in [4.78, 5) is 2.34. The monoisotopic (exact) mass is 258 g/mol. The SMILES string of the molecule is CC1CC(Nc2c(Cl)cccc2Cl)CN1C. The average molecular weight is 259 g/mol. The van der Waals surface area contributed by atoms with E-state index in [9.17, 15) is 0 Å². The lowest BCUT2D eigenvalue weighted by Gasteiger charge is -2.16. The van der Waals surface area contributed by atoms with Crippen LogP contribution in [0.25, 0.3) is 0 Å². The first kappa shape index (κ1) is 12.0. The highest BCUT2D eigenvalue weighted by molar-refractivity contribution is 6.39. The van der Waals surface area contributed by atoms with Crippen LogP contribution in [0.4, 0.5) is 5.69 Å². The van der Waals surface area contributed by atoms with Crippen LogP contribution in [0.15, 0.2) is 18.2 Å². The average Bonchev–Trinajstić information content (AvgIpc) is 2.53. The van der Waals surface area contributed by atoms with Gasteiger partial charge < -0.3 is 10.2 Å². The minimum atomic E-state index is 0.428. The zero-order valence-corrected chi connectivity index (χ0v) is 11.0. The van der Waals surface area contributed by atoms with Gasteiger partial charge in [0, 0.05) is 18.6 Å². The molecule has 1 N–H and O–H groups in total. The Bertz CT molecular complexity index is 351. The number of para-hydroxylation sites is 1. The molecule has 88 valence electrons. The van der Waals surface area contributed by atoms with Gasteiger partial charge in [-0.2, -0.15) is 0 Å². The van der Waals surface area contributed by atoms with E-state index in [2.05, 4.69) is 24.2 Å². The fraction of sp³-hybridized carbons (Fsp3) is 0.500. The maximum absolute atomic E-state index is 6.12. The van der Waals surface area contributed by atoms with Crippen LogP contribution in [0, 0.1) is 0 Å². The lowest BCUT2D eigenvalue weighted by atomic mass is 10.2. The Morgan fingerprint density at radius 2 is 1.94 bits per heavy atom. The molecule has 0 saturated carbocycles. The minimum Gasteiger partial charge on any atom is -0.379 e. The number of anilines is 1. The molecule has 2 nitrogen and oxygen atoms in total. The first-order valence-corrected chi connectivity index (χ1v) is 6.24. The van der Waals surface area contributed by atoms with Gasteiger partial charge in [0.1, 0.15) is 0 Å². The topological polar surface area (TPSA) is 15.3 Å². The van der Waals surface area contributed by atoms with Crippen molar-refractivity contribution >= 4 is 28.9 Å². The van der Waals surface area contributed by atoms with E-state index in [1.54, 1.807) is 0 Å². The van der Waals surface area contributed by atoms with Crippen molar-refractivity contribution in [2.75, 3.05) is 18.9 Å². The summed E-state index contributed by atoms with van der Waals surface area (Å²) >= 11 is 12.2. The Kier molecular flexibility index (Phi) is 3.63. The predicted molar refractivity (Wildman–Crippen MR) is 70.6 cm³/mol. The largest absolute Gasteiger partial charge is 0.379 e. The smallest absolute Gasteiger partial charge is 0.0721 e. The van der Waals surface area contributed by atoms with Crippen molar-refractivity contribution in [3.63, 3.8) is 0 Å². The third kappa shape index (κ3) is 2.45. The molecule has 0 amide bonds. The number of rotatable bonds is 2. The predicted octanol–water partition coefficient (Wildman–Crippen LogP) is 3.50. The number of nitrogens with one attached hydrogen (secondary N) is 1. The van der Waals surface area contributed by atoms with Crippen LogP contribution in [0.1, 0.15) is 13.3 Å². The van der Waals surface area contributed by atoms with Crippen molar-refractivity contribution in [3.05, 3.63) is 28.2 Å². The summed E-state index contributed by atoms with van der Waals surface area (Å²) in [7, 11) is 2.14. The Hall–Kier alpha value is -0.440. The highest BCUT2D eigenvalue weighted by Crippen LogP contribution is 2.32. The van der Waals surface area contributed by atoms with Crippen LogP contribution in [0.2, 0.25) is 10.0 Å². The van der Waals surface area contributed by atoms with E-state index in [0.29, 0.717) is 22.1 Å². The van der Waals surface area contributed by atoms with E-state index in [0.717, 1.165) is 18.7 Å². The molecule has 2 atom stereocenters. The zero-order valence-electron chi connectivity index (χ0n) is 9.50. The first-order valence-electron chi connectivity index (χ1n) is 5.48. The fourth-order valence-electron chi connectivity index (χ4n) is 2.14. The molecule has 2 unspecified atom stereocenters. The fourth-order valence-corrected chi connectivity index (χ4v) is 2.64. The van der Waals surface area contributed by atoms with Gasteiger partial charge in [0.2, 0.25) is 0 Å². The van der Waals surface area contributed by atoms with Gasteiger partial charge in [-0.05, 0) is 32.5 Å². The Labute approximate surface area is 107 Å². The van der Waals surface area contributed by atoms with E-state index < -0.39 is 0 Å². The van der Waals surface area contributed by atoms with Crippen molar-refractivity contribution in [3.8, 4) is 0 Å². The summed E-state index contributed by atoms with van der Waals surface area (Å²) in [6.07, 6.45) is 1.12. The van der Waals surface area contributed by atoms with Gasteiger partial charge in [0.05, 0.1) is 15.7 Å². The summed E-state index contributed by atoms with van der Waals surface area (Å²) in [6, 6.07) is 6.62. The lowest BCUT2D eigenvalue weighted by molar-refractivity contribution is 0.330. The lowest BCUT2D eigenvalue weighted by Crippen LogP contribution is -2.25. The Morgan fingerprint density at radius 3 is 2.44 bits per heavy atom. The van der Waals surface area contributed by atoms with Crippen molar-refractivity contribution in [1.82, 2.24) is 4.90 Å². The molecule has 1 aromatic rings. The number of halogens is 2. The first-order chi connectivity index (χ1) is 7.58. The number of nitrogens with zero attached hydrogens (tertiary/aromatic N) is 1. The van der Waals surface area contributed by atoms with E-state index in [1.165, 1.54) is 0 Å². The zero-order chi connectivity index (χ0) is 11.7. The van der Waals surface area contributed by atoms with Crippen LogP contribution < -0.4 is 5.32 Å². The number of benzene rings is 1. The van der Waals surface area contributed by atoms with Gasteiger partial charge in [-0.3, -0.25) is 0 Å². The number of hydrogen-bond acceptors (Lipinski definition) is 2. The number of likely N-dealkylation sites (tertiary alicyclic amines) is 1. The molecule has 0 aromatic heterocycles. The van der Waals surface area contributed by atoms with E-state index >= 15 is 0 Å². The highest BCUT2D eigenvalue weighted by atomic mass is 35.5. The molecule has 0 bridgehead atoms. The summed E-state index contributed by atoms with van der Waals surface area (Å²) in [6.45, 7) is 3.26. The summed E-state index contributed by atoms with van der Waals surface area (Å²) in [5, 5.41) is 4.81. The van der Waals surface area contributed by atoms with E-state index in [4.69, 9.17) is 23.2 Å². The molecule has 1 aliphatic heterocycles. The van der Waals surface area contributed by atoms with Crippen LogP contribution >= 0.6 is 23.2 Å². The van der Waals surface area contributed by atoms with E-state index in [-0.39, 0.29) is 0 Å². The molecule has 1 aromatic carbocycles. The standard InChI is InChI=1S/C12H16Cl2N2/c1-8-6-9(7-16(8)2)15-12-10(13)4-3-5-11(12)14/h3-5,8-9,15H,6-7H2,1-2H3. The number of likely N-dealkylation sites (N-methyl/N-ethyl adjacent to an activating group) is 1. The molecular formula is C12H16Cl2N2. The molecule has 0 spiro atoms. The van der Waals surface area contributed by atoms with Crippen LogP contribution in [-0.4, -0.2) is 30.6 Å². The van der Waals surface area contributed by atoms with Gasteiger partial charge in [-0.15, -0.1) is 0 Å². The maximum Gasteiger partial charge on any atom is 0.0721 e. The van der Waals surface area contributed by atoms with Gasteiger partial charge in [0.15, 0.2) is 0 Å². The van der Waals surface area contributed by atoms with Crippen LogP contribution in [0.3, 0.4) is 0 Å². The molecule has 1 aliphatic rings. The molecule has 2 rings (SSSR count). The third-order valence-electron chi connectivity index (χ3n) is 3.20. The second-order valence-corrected chi connectivity index (χ2v) is 5.28. The van der Waals surface area contributed by atoms with Gasteiger partial charge in [-0.25, -0.2) is 0 Å². The molecule has 4 heteroatoms. The van der Waals surface area contributed by atoms with Gasteiger partial charge >= 0.3 is 0 Å².